The second-order valence-electron chi connectivity index (χ2n) is 6.70. The van der Waals surface area contributed by atoms with Gasteiger partial charge in [-0.2, -0.15) is 0 Å². The minimum absolute atomic E-state index is 0.206. The van der Waals surface area contributed by atoms with Crippen molar-refractivity contribution < 1.29 is 19.4 Å². The normalized spacial score (nSPS) is 11.2. The highest BCUT2D eigenvalue weighted by Crippen LogP contribution is 2.20. The number of amides is 1. The minimum atomic E-state index is -0.971. The summed E-state index contributed by atoms with van der Waals surface area (Å²) in [6, 6.07) is 4.84. The summed E-state index contributed by atoms with van der Waals surface area (Å²) in [4.78, 5) is 22.3. The van der Waals surface area contributed by atoms with Gasteiger partial charge < -0.3 is 15.2 Å². The van der Waals surface area contributed by atoms with Crippen molar-refractivity contribution in [2.75, 3.05) is 6.54 Å². The fourth-order valence-electron chi connectivity index (χ4n) is 2.18. The lowest BCUT2D eigenvalue weighted by atomic mass is 10.0. The summed E-state index contributed by atoms with van der Waals surface area (Å²) in [6.45, 7) is 6.10. The van der Waals surface area contributed by atoms with E-state index < -0.39 is 11.6 Å². The minimum Gasteiger partial charge on any atom is -0.478 e. The van der Waals surface area contributed by atoms with Gasteiger partial charge in [0.25, 0.3) is 0 Å². The lowest BCUT2D eigenvalue weighted by Crippen LogP contribution is -2.32. The summed E-state index contributed by atoms with van der Waals surface area (Å²) in [7, 11) is 0. The number of carbonyl (C=O) groups excluding carboxylic acids is 1. The number of aromatic carboxylic acids is 1. The predicted octanol–water partition coefficient (Wildman–Crippen LogP) is 4.67. The van der Waals surface area contributed by atoms with Crippen LogP contribution in [0.4, 0.5) is 4.79 Å². The molecule has 0 bridgehead atoms. The second-order valence-corrected chi connectivity index (χ2v) is 7.11. The number of carboxylic acid groups (broad SMARTS) is 1. The first kappa shape index (κ1) is 20.3. The van der Waals surface area contributed by atoms with Crippen LogP contribution in [-0.4, -0.2) is 29.3 Å². The SMILES string of the molecule is CC(C)(C)OC(=O)NCCCCCCc1ccc(C(=O)O)cc1Cl. The molecule has 0 aliphatic carbocycles. The molecule has 1 amide bonds. The molecule has 5 nitrogen and oxygen atoms in total. The first-order chi connectivity index (χ1) is 11.2. The molecule has 134 valence electrons. The number of unbranched alkanes of at least 4 members (excludes halogenated alkanes) is 3. The third-order valence-corrected chi connectivity index (χ3v) is 3.69. The Kier molecular flexibility index (Phi) is 8.05. The van der Waals surface area contributed by atoms with Crippen LogP contribution in [0.25, 0.3) is 0 Å². The van der Waals surface area contributed by atoms with Gasteiger partial charge >= 0.3 is 12.1 Å². The zero-order valence-electron chi connectivity index (χ0n) is 14.5. The van der Waals surface area contributed by atoms with Crippen LogP contribution in [0, 0.1) is 0 Å². The quantitative estimate of drug-likeness (QED) is 0.664. The Bertz CT molecular complexity index is 567. The van der Waals surface area contributed by atoms with Gasteiger partial charge in [-0.3, -0.25) is 0 Å². The van der Waals surface area contributed by atoms with Crippen LogP contribution in [0.3, 0.4) is 0 Å². The molecule has 0 aliphatic heterocycles. The monoisotopic (exact) mass is 355 g/mol. The summed E-state index contributed by atoms with van der Waals surface area (Å²) in [5.41, 5.74) is 0.699. The van der Waals surface area contributed by atoms with Crippen LogP contribution >= 0.6 is 11.6 Å². The van der Waals surface area contributed by atoms with E-state index >= 15 is 0 Å². The number of ether oxygens (including phenoxy) is 1. The third kappa shape index (κ3) is 8.20. The summed E-state index contributed by atoms with van der Waals surface area (Å²) in [5, 5.41) is 12.1. The fraction of sp³-hybridized carbons (Fsp3) is 0.556. The first-order valence-corrected chi connectivity index (χ1v) is 8.55. The van der Waals surface area contributed by atoms with Crippen LogP contribution in [0.1, 0.15) is 62.4 Å². The van der Waals surface area contributed by atoms with Crippen molar-refractivity contribution in [1.29, 1.82) is 0 Å². The largest absolute Gasteiger partial charge is 0.478 e. The second kappa shape index (κ2) is 9.52. The maximum atomic E-state index is 11.5. The van der Waals surface area contributed by atoms with E-state index in [1.54, 1.807) is 12.1 Å². The van der Waals surface area contributed by atoms with Crippen molar-refractivity contribution in [2.45, 2.75) is 58.5 Å². The van der Waals surface area contributed by atoms with Gasteiger partial charge in [-0.1, -0.05) is 30.5 Å². The van der Waals surface area contributed by atoms with E-state index in [0.717, 1.165) is 37.7 Å². The molecule has 0 radical (unpaired) electrons. The van der Waals surface area contributed by atoms with E-state index in [1.165, 1.54) is 6.07 Å². The molecule has 0 saturated heterocycles. The molecule has 1 rings (SSSR count). The Hall–Kier alpha value is -1.75. The molecule has 6 heteroatoms. The van der Waals surface area contributed by atoms with Gasteiger partial charge in [0.2, 0.25) is 0 Å². The third-order valence-electron chi connectivity index (χ3n) is 3.34. The van der Waals surface area contributed by atoms with Crippen molar-refractivity contribution in [1.82, 2.24) is 5.32 Å². The molecule has 1 aromatic carbocycles. The van der Waals surface area contributed by atoms with Crippen LogP contribution in [0.2, 0.25) is 5.02 Å². The average Bonchev–Trinajstić information content (AvgIpc) is 2.45. The summed E-state index contributed by atoms with van der Waals surface area (Å²) in [5.74, 6) is -0.971. The van der Waals surface area contributed by atoms with Crippen molar-refractivity contribution in [3.63, 3.8) is 0 Å². The Morgan fingerprint density at radius 3 is 2.42 bits per heavy atom. The van der Waals surface area contributed by atoms with Crippen LogP contribution in [0.15, 0.2) is 18.2 Å². The number of benzene rings is 1. The van der Waals surface area contributed by atoms with Crippen LogP contribution < -0.4 is 5.32 Å². The van der Waals surface area contributed by atoms with Gasteiger partial charge in [-0.05, 0) is 57.7 Å². The number of carbonyl (C=O) groups is 2. The topological polar surface area (TPSA) is 75.6 Å². The Labute approximate surface area is 148 Å². The summed E-state index contributed by atoms with van der Waals surface area (Å²) in [6.07, 6.45) is 4.32. The molecule has 0 unspecified atom stereocenters. The number of rotatable bonds is 8. The first-order valence-electron chi connectivity index (χ1n) is 8.17. The van der Waals surface area contributed by atoms with Crippen LogP contribution in [-0.2, 0) is 11.2 Å². The fourth-order valence-corrected chi connectivity index (χ4v) is 2.46. The number of carboxylic acids is 1. The predicted molar refractivity (Wildman–Crippen MR) is 94.8 cm³/mol. The molecular weight excluding hydrogens is 330 g/mol. The van der Waals surface area contributed by atoms with Crippen molar-refractivity contribution in [3.05, 3.63) is 34.3 Å². The van der Waals surface area contributed by atoms with Gasteiger partial charge in [-0.15, -0.1) is 0 Å². The van der Waals surface area contributed by atoms with E-state index in [9.17, 15) is 9.59 Å². The van der Waals surface area contributed by atoms with Gasteiger partial charge in [0.05, 0.1) is 5.56 Å². The molecule has 0 aliphatic rings. The summed E-state index contributed by atoms with van der Waals surface area (Å²) >= 11 is 6.10. The molecule has 0 heterocycles. The van der Waals surface area contributed by atoms with Crippen molar-refractivity contribution >= 4 is 23.7 Å². The number of hydrogen-bond acceptors (Lipinski definition) is 3. The molecular formula is C18H26ClNO4. The Balaban J connectivity index is 2.17. The Morgan fingerprint density at radius 1 is 1.17 bits per heavy atom. The number of alkyl carbamates (subject to hydrolysis) is 1. The van der Waals surface area contributed by atoms with Crippen LogP contribution in [0.5, 0.6) is 0 Å². The van der Waals surface area contributed by atoms with Crippen molar-refractivity contribution in [2.24, 2.45) is 0 Å². The molecule has 1 aromatic rings. The smallest absolute Gasteiger partial charge is 0.407 e. The average molecular weight is 356 g/mol. The molecule has 24 heavy (non-hydrogen) atoms. The molecule has 0 fully saturated rings. The molecule has 0 spiro atoms. The molecule has 0 aromatic heterocycles. The zero-order valence-corrected chi connectivity index (χ0v) is 15.3. The van der Waals surface area contributed by atoms with E-state index in [4.69, 9.17) is 21.4 Å². The van der Waals surface area contributed by atoms with E-state index in [0.29, 0.717) is 11.6 Å². The highest BCUT2D eigenvalue weighted by molar-refractivity contribution is 6.31. The molecule has 0 saturated carbocycles. The van der Waals surface area contributed by atoms with Gasteiger partial charge in [0.1, 0.15) is 5.60 Å². The maximum Gasteiger partial charge on any atom is 0.407 e. The lowest BCUT2D eigenvalue weighted by Gasteiger charge is -2.19. The zero-order chi connectivity index (χ0) is 18.2. The highest BCUT2D eigenvalue weighted by Gasteiger charge is 2.15. The lowest BCUT2D eigenvalue weighted by molar-refractivity contribution is 0.0526. The molecule has 2 N–H and O–H groups in total. The number of nitrogens with one attached hydrogen (secondary N) is 1. The van der Waals surface area contributed by atoms with Crippen molar-refractivity contribution in [3.8, 4) is 0 Å². The van der Waals surface area contributed by atoms with Gasteiger partial charge in [-0.25, -0.2) is 9.59 Å². The van der Waals surface area contributed by atoms with Gasteiger partial charge in [0.15, 0.2) is 0 Å². The number of aryl methyl sites for hydroxylation is 1. The number of hydrogen-bond donors (Lipinski definition) is 2. The van der Waals surface area contributed by atoms with E-state index in [-0.39, 0.29) is 11.7 Å². The van der Waals surface area contributed by atoms with Gasteiger partial charge in [0, 0.05) is 11.6 Å². The molecule has 0 atom stereocenters. The standard InChI is InChI=1S/C18H26ClNO4/c1-18(2,3)24-17(23)20-11-7-5-4-6-8-13-9-10-14(16(21)22)12-15(13)19/h9-10,12H,4-8,11H2,1-3H3,(H,20,23)(H,21,22). The Morgan fingerprint density at radius 2 is 1.83 bits per heavy atom. The number of halogens is 1. The highest BCUT2D eigenvalue weighted by atomic mass is 35.5. The summed E-state index contributed by atoms with van der Waals surface area (Å²) < 4.78 is 5.16. The van der Waals surface area contributed by atoms with E-state index in [2.05, 4.69) is 5.32 Å². The van der Waals surface area contributed by atoms with E-state index in [1.807, 2.05) is 20.8 Å². The maximum absolute atomic E-state index is 11.5.